The monoisotopic (exact) mass is 281 g/mol. The molecule has 2 rings (SSSR count). The fourth-order valence-electron chi connectivity index (χ4n) is 2.13. The highest BCUT2D eigenvalue weighted by Crippen LogP contribution is 2.27. The number of nitro groups is 1. The van der Waals surface area contributed by atoms with Gasteiger partial charge in [0.05, 0.1) is 17.6 Å². The molecule has 8 heteroatoms. The Bertz CT molecular complexity index is 482. The summed E-state index contributed by atoms with van der Waals surface area (Å²) in [7, 11) is 0. The van der Waals surface area contributed by atoms with E-state index in [1.165, 1.54) is 6.20 Å². The van der Waals surface area contributed by atoms with Crippen molar-refractivity contribution in [3.63, 3.8) is 0 Å². The van der Waals surface area contributed by atoms with E-state index in [1.54, 1.807) is 0 Å². The van der Waals surface area contributed by atoms with Crippen LogP contribution in [0.3, 0.4) is 0 Å². The molecule has 1 fully saturated rings. The Kier molecular flexibility index (Phi) is 4.67. The number of morpholine rings is 1. The Balaban J connectivity index is 2.31. The van der Waals surface area contributed by atoms with E-state index >= 15 is 0 Å². The third-order valence-electron chi connectivity index (χ3n) is 3.18. The summed E-state index contributed by atoms with van der Waals surface area (Å²) in [6.45, 7) is 6.38. The molecule has 1 aromatic heterocycles. The van der Waals surface area contributed by atoms with Crippen LogP contribution in [0.2, 0.25) is 0 Å². The third kappa shape index (κ3) is 3.13. The normalized spacial score (nSPS) is 18.9. The predicted molar refractivity (Wildman–Crippen MR) is 75.1 cm³/mol. The van der Waals surface area contributed by atoms with Gasteiger partial charge in [0.1, 0.15) is 6.20 Å². The smallest absolute Gasteiger partial charge is 0.329 e. The van der Waals surface area contributed by atoms with Gasteiger partial charge in [-0.05, 0) is 13.3 Å². The van der Waals surface area contributed by atoms with Crippen LogP contribution in [0.25, 0.3) is 0 Å². The van der Waals surface area contributed by atoms with Gasteiger partial charge in [0.15, 0.2) is 0 Å². The summed E-state index contributed by atoms with van der Waals surface area (Å²) in [4.78, 5) is 20.8. The molecule has 1 aliphatic heterocycles. The molecule has 1 unspecified atom stereocenters. The zero-order valence-electron chi connectivity index (χ0n) is 11.7. The summed E-state index contributed by atoms with van der Waals surface area (Å²) >= 11 is 0. The lowest BCUT2D eigenvalue weighted by Crippen LogP contribution is -2.43. The van der Waals surface area contributed by atoms with E-state index in [2.05, 4.69) is 15.3 Å². The van der Waals surface area contributed by atoms with Crippen LogP contribution in [0, 0.1) is 10.1 Å². The van der Waals surface area contributed by atoms with E-state index in [-0.39, 0.29) is 11.8 Å². The van der Waals surface area contributed by atoms with Crippen molar-refractivity contribution >= 4 is 17.5 Å². The van der Waals surface area contributed by atoms with Crippen molar-refractivity contribution in [2.75, 3.05) is 36.5 Å². The topological polar surface area (TPSA) is 93.4 Å². The number of ether oxygens (including phenoxy) is 1. The SMILES string of the molecule is CCNc1ncc([N+](=O)[O-])c(N2CCOC(CC)C2)n1. The van der Waals surface area contributed by atoms with E-state index in [1.807, 2.05) is 18.7 Å². The number of nitrogens with zero attached hydrogens (tertiary/aromatic N) is 4. The van der Waals surface area contributed by atoms with Gasteiger partial charge in [-0.3, -0.25) is 10.1 Å². The highest BCUT2D eigenvalue weighted by molar-refractivity contribution is 5.59. The van der Waals surface area contributed by atoms with Crippen molar-refractivity contribution in [2.45, 2.75) is 26.4 Å². The molecule has 0 aromatic carbocycles. The Hall–Kier alpha value is -1.96. The zero-order valence-corrected chi connectivity index (χ0v) is 11.7. The van der Waals surface area contributed by atoms with Crippen LogP contribution in [-0.4, -0.2) is 47.2 Å². The van der Waals surface area contributed by atoms with E-state index in [9.17, 15) is 10.1 Å². The van der Waals surface area contributed by atoms with Gasteiger partial charge < -0.3 is 15.0 Å². The Labute approximate surface area is 117 Å². The van der Waals surface area contributed by atoms with Crippen molar-refractivity contribution in [2.24, 2.45) is 0 Å². The van der Waals surface area contributed by atoms with Crippen molar-refractivity contribution in [3.05, 3.63) is 16.3 Å². The molecule has 0 saturated carbocycles. The van der Waals surface area contributed by atoms with Gasteiger partial charge in [-0.15, -0.1) is 0 Å². The Morgan fingerprint density at radius 2 is 2.40 bits per heavy atom. The fourth-order valence-corrected chi connectivity index (χ4v) is 2.13. The van der Waals surface area contributed by atoms with Crippen LogP contribution in [0.1, 0.15) is 20.3 Å². The van der Waals surface area contributed by atoms with Gasteiger partial charge in [-0.25, -0.2) is 4.98 Å². The van der Waals surface area contributed by atoms with Crippen LogP contribution in [0.5, 0.6) is 0 Å². The fraction of sp³-hybridized carbons (Fsp3) is 0.667. The largest absolute Gasteiger partial charge is 0.375 e. The highest BCUT2D eigenvalue weighted by atomic mass is 16.6. The molecule has 0 amide bonds. The summed E-state index contributed by atoms with van der Waals surface area (Å²) in [5.41, 5.74) is -0.0663. The molecule has 0 bridgehead atoms. The molecular formula is C12H19N5O3. The second-order valence-electron chi connectivity index (χ2n) is 4.54. The van der Waals surface area contributed by atoms with E-state index in [0.29, 0.717) is 38.0 Å². The van der Waals surface area contributed by atoms with Crippen LogP contribution in [-0.2, 0) is 4.74 Å². The minimum absolute atomic E-state index is 0.0663. The van der Waals surface area contributed by atoms with Gasteiger partial charge in [-0.1, -0.05) is 6.92 Å². The summed E-state index contributed by atoms with van der Waals surface area (Å²) in [6.07, 6.45) is 2.22. The first kappa shape index (κ1) is 14.4. The molecule has 110 valence electrons. The van der Waals surface area contributed by atoms with Gasteiger partial charge in [0.25, 0.3) is 0 Å². The maximum atomic E-state index is 11.1. The molecule has 1 saturated heterocycles. The minimum Gasteiger partial charge on any atom is -0.375 e. The number of nitrogens with one attached hydrogen (secondary N) is 1. The number of rotatable bonds is 5. The minimum atomic E-state index is -0.443. The van der Waals surface area contributed by atoms with Crippen LogP contribution in [0.15, 0.2) is 6.20 Å². The molecule has 1 aromatic rings. The van der Waals surface area contributed by atoms with E-state index < -0.39 is 4.92 Å². The molecule has 0 spiro atoms. The summed E-state index contributed by atoms with van der Waals surface area (Å²) in [5.74, 6) is 0.773. The molecule has 0 aliphatic carbocycles. The molecular weight excluding hydrogens is 262 g/mol. The molecule has 2 heterocycles. The number of hydrogen-bond acceptors (Lipinski definition) is 7. The number of anilines is 2. The third-order valence-corrected chi connectivity index (χ3v) is 3.18. The van der Waals surface area contributed by atoms with Gasteiger partial charge >= 0.3 is 5.69 Å². The van der Waals surface area contributed by atoms with E-state index in [0.717, 1.165) is 6.42 Å². The Morgan fingerprint density at radius 3 is 3.05 bits per heavy atom. The maximum Gasteiger partial charge on any atom is 0.329 e. The molecule has 1 aliphatic rings. The zero-order chi connectivity index (χ0) is 14.5. The van der Waals surface area contributed by atoms with Gasteiger partial charge in [-0.2, -0.15) is 4.98 Å². The first-order valence-corrected chi connectivity index (χ1v) is 6.77. The predicted octanol–water partition coefficient (Wildman–Crippen LogP) is 1.43. The number of hydrogen-bond donors (Lipinski definition) is 1. The summed E-state index contributed by atoms with van der Waals surface area (Å²) < 4.78 is 5.59. The molecule has 20 heavy (non-hydrogen) atoms. The molecule has 1 N–H and O–H groups in total. The highest BCUT2D eigenvalue weighted by Gasteiger charge is 2.27. The van der Waals surface area contributed by atoms with Crippen molar-refractivity contribution in [1.29, 1.82) is 0 Å². The van der Waals surface area contributed by atoms with Crippen LogP contribution in [0.4, 0.5) is 17.5 Å². The standard InChI is InChI=1S/C12H19N5O3/c1-3-9-8-16(5-6-20-9)11-10(17(18)19)7-14-12(15-11)13-4-2/h7,9H,3-6,8H2,1-2H3,(H,13,14,15). The van der Waals surface area contributed by atoms with Gasteiger partial charge in [0, 0.05) is 19.6 Å². The van der Waals surface area contributed by atoms with Crippen LogP contribution < -0.4 is 10.2 Å². The second-order valence-corrected chi connectivity index (χ2v) is 4.54. The van der Waals surface area contributed by atoms with Gasteiger partial charge in [0.2, 0.25) is 11.8 Å². The summed E-state index contributed by atoms with van der Waals surface area (Å²) in [6, 6.07) is 0. The lowest BCUT2D eigenvalue weighted by molar-refractivity contribution is -0.384. The van der Waals surface area contributed by atoms with Crippen molar-refractivity contribution < 1.29 is 9.66 Å². The lowest BCUT2D eigenvalue weighted by Gasteiger charge is -2.32. The lowest BCUT2D eigenvalue weighted by atomic mass is 10.2. The molecule has 1 atom stereocenters. The number of aromatic nitrogens is 2. The van der Waals surface area contributed by atoms with E-state index in [4.69, 9.17) is 4.74 Å². The quantitative estimate of drug-likeness (QED) is 0.644. The summed E-state index contributed by atoms with van der Waals surface area (Å²) in [5, 5.41) is 14.1. The second kappa shape index (κ2) is 6.47. The van der Waals surface area contributed by atoms with Crippen molar-refractivity contribution in [3.8, 4) is 0 Å². The first-order valence-electron chi connectivity index (χ1n) is 6.77. The first-order chi connectivity index (χ1) is 9.65. The molecule has 0 radical (unpaired) electrons. The van der Waals surface area contributed by atoms with Crippen LogP contribution >= 0.6 is 0 Å². The van der Waals surface area contributed by atoms with Crippen molar-refractivity contribution in [1.82, 2.24) is 9.97 Å². The average molecular weight is 281 g/mol. The molecule has 8 nitrogen and oxygen atoms in total. The Morgan fingerprint density at radius 1 is 1.60 bits per heavy atom. The maximum absolute atomic E-state index is 11.1. The average Bonchev–Trinajstić information content (AvgIpc) is 2.47.